The Morgan fingerprint density at radius 3 is 3.00 bits per heavy atom. The van der Waals surface area contributed by atoms with E-state index in [-0.39, 0.29) is 0 Å². The first-order valence-electron chi connectivity index (χ1n) is 7.63. The Bertz CT molecular complexity index is 441. The Morgan fingerprint density at radius 1 is 1.50 bits per heavy atom. The number of hydrogen-bond donors (Lipinski definition) is 2. The molecule has 2 atom stereocenters. The molecule has 1 saturated carbocycles. The fourth-order valence-corrected chi connectivity index (χ4v) is 2.73. The largest absolute Gasteiger partial charge is 0.359 e. The van der Waals surface area contributed by atoms with Gasteiger partial charge in [-0.05, 0) is 25.2 Å². The third-order valence-corrected chi connectivity index (χ3v) is 3.90. The van der Waals surface area contributed by atoms with Crippen molar-refractivity contribution in [3.63, 3.8) is 0 Å². The monoisotopic (exact) mass is 278 g/mol. The van der Waals surface area contributed by atoms with Gasteiger partial charge in [0, 0.05) is 19.2 Å². The summed E-state index contributed by atoms with van der Waals surface area (Å²) in [5.74, 6) is 2.50. The summed E-state index contributed by atoms with van der Waals surface area (Å²) in [6.45, 7) is 5.01. The van der Waals surface area contributed by atoms with Gasteiger partial charge in [-0.15, -0.1) is 0 Å². The van der Waals surface area contributed by atoms with Gasteiger partial charge < -0.3 is 15.2 Å². The number of hydrogen-bond acceptors (Lipinski definition) is 3. The number of aryl methyl sites for hydroxylation is 1. The van der Waals surface area contributed by atoms with Crippen LogP contribution in [-0.2, 0) is 13.0 Å². The van der Waals surface area contributed by atoms with Gasteiger partial charge in [0.2, 0.25) is 0 Å². The minimum atomic E-state index is 0.533. The third kappa shape index (κ3) is 4.25. The van der Waals surface area contributed by atoms with Crippen LogP contribution >= 0.6 is 0 Å². The number of aliphatic imine (C=N–C) groups is 1. The molecule has 1 heterocycles. The summed E-state index contributed by atoms with van der Waals surface area (Å²) >= 11 is 0. The Kier molecular flexibility index (Phi) is 5.44. The lowest BCUT2D eigenvalue weighted by atomic mass is 9.87. The van der Waals surface area contributed by atoms with E-state index in [9.17, 15) is 0 Å². The summed E-state index contributed by atoms with van der Waals surface area (Å²) < 4.78 is 5.26. The molecular weight excluding hydrogens is 252 g/mol. The molecule has 1 fully saturated rings. The molecule has 1 aromatic heterocycles. The van der Waals surface area contributed by atoms with Crippen molar-refractivity contribution in [3.8, 4) is 0 Å². The molecule has 0 saturated heterocycles. The lowest BCUT2D eigenvalue weighted by Crippen LogP contribution is -2.44. The normalized spacial score (nSPS) is 23.6. The smallest absolute Gasteiger partial charge is 0.191 e. The molecule has 0 radical (unpaired) electrons. The highest BCUT2D eigenvalue weighted by Crippen LogP contribution is 2.23. The summed E-state index contributed by atoms with van der Waals surface area (Å²) in [6.07, 6.45) is 6.01. The summed E-state index contributed by atoms with van der Waals surface area (Å²) in [6, 6.07) is 2.52. The van der Waals surface area contributed by atoms with Gasteiger partial charge in [0.1, 0.15) is 0 Å². The molecule has 5 nitrogen and oxygen atoms in total. The molecule has 1 aliphatic rings. The first kappa shape index (κ1) is 14.9. The number of nitrogens with one attached hydrogen (secondary N) is 2. The Balaban J connectivity index is 1.80. The lowest BCUT2D eigenvalue weighted by molar-refractivity contribution is 0.323. The predicted octanol–water partition coefficient (Wildman–Crippen LogP) is 2.48. The van der Waals surface area contributed by atoms with Crippen LogP contribution in [0.25, 0.3) is 0 Å². The first-order chi connectivity index (χ1) is 9.71. The van der Waals surface area contributed by atoms with Crippen molar-refractivity contribution in [2.45, 2.75) is 58.5 Å². The van der Waals surface area contributed by atoms with E-state index in [2.05, 4.69) is 34.6 Å². The Morgan fingerprint density at radius 2 is 2.35 bits per heavy atom. The second-order valence-electron chi connectivity index (χ2n) is 5.68. The van der Waals surface area contributed by atoms with Gasteiger partial charge in [-0.25, -0.2) is 0 Å². The Labute approximate surface area is 121 Å². The molecule has 0 bridgehead atoms. The molecule has 0 aliphatic heterocycles. The maximum Gasteiger partial charge on any atom is 0.191 e. The maximum absolute atomic E-state index is 5.26. The zero-order valence-corrected chi connectivity index (χ0v) is 12.8. The molecule has 2 unspecified atom stereocenters. The third-order valence-electron chi connectivity index (χ3n) is 3.90. The van der Waals surface area contributed by atoms with Crippen molar-refractivity contribution < 1.29 is 4.52 Å². The number of nitrogens with zero attached hydrogens (tertiary/aromatic N) is 2. The van der Waals surface area contributed by atoms with Gasteiger partial charge in [0.15, 0.2) is 11.7 Å². The van der Waals surface area contributed by atoms with Gasteiger partial charge in [-0.1, -0.05) is 31.8 Å². The predicted molar refractivity (Wildman–Crippen MR) is 80.6 cm³/mol. The van der Waals surface area contributed by atoms with Crippen LogP contribution in [0, 0.1) is 5.92 Å². The molecule has 5 heteroatoms. The lowest BCUT2D eigenvalue weighted by Gasteiger charge is -2.28. The van der Waals surface area contributed by atoms with Crippen LogP contribution in [0.2, 0.25) is 0 Å². The minimum Gasteiger partial charge on any atom is -0.359 e. The SMILES string of the molecule is CCc1cc(CNC(=NC)NC2CCCC(C)C2)on1. The van der Waals surface area contributed by atoms with Gasteiger partial charge in [-0.3, -0.25) is 4.99 Å². The topological polar surface area (TPSA) is 62.5 Å². The summed E-state index contributed by atoms with van der Waals surface area (Å²) in [5, 5.41) is 10.8. The highest BCUT2D eigenvalue weighted by atomic mass is 16.5. The molecule has 1 aromatic rings. The van der Waals surface area contributed by atoms with Gasteiger partial charge >= 0.3 is 0 Å². The summed E-state index contributed by atoms with van der Waals surface area (Å²) in [4.78, 5) is 4.28. The van der Waals surface area contributed by atoms with Crippen LogP contribution in [0.15, 0.2) is 15.6 Å². The maximum atomic E-state index is 5.26. The molecule has 112 valence electrons. The second kappa shape index (κ2) is 7.31. The Hall–Kier alpha value is -1.52. The fraction of sp³-hybridized carbons (Fsp3) is 0.733. The van der Waals surface area contributed by atoms with Crippen LogP contribution < -0.4 is 10.6 Å². The number of aromatic nitrogens is 1. The zero-order chi connectivity index (χ0) is 14.4. The van der Waals surface area contributed by atoms with E-state index in [4.69, 9.17) is 4.52 Å². The molecule has 1 aliphatic carbocycles. The zero-order valence-electron chi connectivity index (χ0n) is 12.8. The van der Waals surface area contributed by atoms with Crippen molar-refractivity contribution in [1.82, 2.24) is 15.8 Å². The average Bonchev–Trinajstić information content (AvgIpc) is 2.91. The van der Waals surface area contributed by atoms with Crippen molar-refractivity contribution in [2.24, 2.45) is 10.9 Å². The number of guanidine groups is 1. The van der Waals surface area contributed by atoms with E-state index in [0.29, 0.717) is 12.6 Å². The number of rotatable bonds is 4. The quantitative estimate of drug-likeness (QED) is 0.656. The van der Waals surface area contributed by atoms with E-state index in [1.54, 1.807) is 7.05 Å². The van der Waals surface area contributed by atoms with E-state index < -0.39 is 0 Å². The van der Waals surface area contributed by atoms with Crippen LogP contribution in [0.4, 0.5) is 0 Å². The molecule has 0 aromatic carbocycles. The van der Waals surface area contributed by atoms with Crippen LogP contribution in [-0.4, -0.2) is 24.2 Å². The van der Waals surface area contributed by atoms with Crippen molar-refractivity contribution in [3.05, 3.63) is 17.5 Å². The highest BCUT2D eigenvalue weighted by Gasteiger charge is 2.19. The van der Waals surface area contributed by atoms with Gasteiger partial charge in [-0.2, -0.15) is 0 Å². The molecule has 20 heavy (non-hydrogen) atoms. The van der Waals surface area contributed by atoms with E-state index in [0.717, 1.165) is 29.8 Å². The van der Waals surface area contributed by atoms with E-state index in [1.165, 1.54) is 25.7 Å². The summed E-state index contributed by atoms with van der Waals surface area (Å²) in [5.41, 5.74) is 0.992. The van der Waals surface area contributed by atoms with Crippen LogP contribution in [0.3, 0.4) is 0 Å². The molecule has 0 spiro atoms. The second-order valence-corrected chi connectivity index (χ2v) is 5.68. The standard InChI is InChI=1S/C15H26N4O/c1-4-12-9-14(20-19-12)10-17-15(16-3)18-13-7-5-6-11(2)8-13/h9,11,13H,4-8,10H2,1-3H3,(H2,16,17,18). The van der Waals surface area contributed by atoms with E-state index in [1.807, 2.05) is 6.07 Å². The van der Waals surface area contributed by atoms with E-state index >= 15 is 0 Å². The fourth-order valence-electron chi connectivity index (χ4n) is 2.73. The molecule has 2 rings (SSSR count). The molecule has 0 amide bonds. The summed E-state index contributed by atoms with van der Waals surface area (Å²) in [7, 11) is 1.81. The highest BCUT2D eigenvalue weighted by molar-refractivity contribution is 5.79. The van der Waals surface area contributed by atoms with Gasteiger partial charge in [0.25, 0.3) is 0 Å². The van der Waals surface area contributed by atoms with Gasteiger partial charge in [0.05, 0.1) is 12.2 Å². The average molecular weight is 278 g/mol. The molecular formula is C15H26N4O. The van der Waals surface area contributed by atoms with Crippen molar-refractivity contribution in [1.29, 1.82) is 0 Å². The van der Waals surface area contributed by atoms with Crippen LogP contribution in [0.1, 0.15) is 51.0 Å². The van der Waals surface area contributed by atoms with Crippen LogP contribution in [0.5, 0.6) is 0 Å². The molecule has 2 N–H and O–H groups in total. The first-order valence-corrected chi connectivity index (χ1v) is 7.63. The van der Waals surface area contributed by atoms with Crippen molar-refractivity contribution in [2.75, 3.05) is 7.05 Å². The van der Waals surface area contributed by atoms with Crippen molar-refractivity contribution >= 4 is 5.96 Å². The minimum absolute atomic E-state index is 0.533.